The molecule has 0 bridgehead atoms. The number of likely N-dealkylation sites (tertiary alicyclic amines) is 1. The molecule has 1 fully saturated rings. The lowest BCUT2D eigenvalue weighted by atomic mass is 10.1. The van der Waals surface area contributed by atoms with Crippen molar-refractivity contribution in [2.45, 2.75) is 45.6 Å². The smallest absolute Gasteiger partial charge is 0.222 e. The van der Waals surface area contributed by atoms with Crippen LogP contribution in [0.2, 0.25) is 0 Å². The molecule has 1 atom stereocenters. The molecule has 2 N–H and O–H groups in total. The van der Waals surface area contributed by atoms with E-state index in [0.717, 1.165) is 45.6 Å². The second-order valence-corrected chi connectivity index (χ2v) is 4.87. The second-order valence-electron chi connectivity index (χ2n) is 4.87. The van der Waals surface area contributed by atoms with E-state index >= 15 is 0 Å². The Kier molecular flexibility index (Phi) is 6.52. The summed E-state index contributed by atoms with van der Waals surface area (Å²) in [6.07, 6.45) is 3.98. The summed E-state index contributed by atoms with van der Waals surface area (Å²) in [5.74, 6) is 0.288. The van der Waals surface area contributed by atoms with Crippen molar-refractivity contribution in [3.63, 3.8) is 0 Å². The van der Waals surface area contributed by atoms with Crippen LogP contribution >= 0.6 is 0 Å². The monoisotopic (exact) mass is 241 g/mol. The lowest BCUT2D eigenvalue weighted by Crippen LogP contribution is -2.43. The number of nitrogens with zero attached hydrogens (tertiary/aromatic N) is 2. The minimum absolute atomic E-state index is 0.288. The molecule has 0 aromatic heterocycles. The standard InChI is InChI=1S/C13H27N3O/c1-3-16(4-2)13(17)8-6-10-15-9-5-7-12(14)11-15/h12H,3-11,14H2,1-2H3/t12-/m1/s1. The zero-order valence-corrected chi connectivity index (χ0v) is 11.3. The number of carbonyl (C=O) groups excluding carboxylic acids is 1. The number of nitrogens with two attached hydrogens (primary N) is 1. The van der Waals surface area contributed by atoms with Gasteiger partial charge in [-0.2, -0.15) is 0 Å². The maximum absolute atomic E-state index is 11.8. The first-order chi connectivity index (χ1) is 8.17. The molecule has 1 saturated heterocycles. The third-order valence-corrected chi connectivity index (χ3v) is 3.52. The van der Waals surface area contributed by atoms with Crippen molar-refractivity contribution in [1.82, 2.24) is 9.80 Å². The summed E-state index contributed by atoms with van der Waals surface area (Å²) in [5, 5.41) is 0. The van der Waals surface area contributed by atoms with Crippen LogP contribution in [0.1, 0.15) is 39.5 Å². The SMILES string of the molecule is CCN(CC)C(=O)CCCN1CCC[C@@H](N)C1. The summed E-state index contributed by atoms with van der Waals surface area (Å²) >= 11 is 0. The van der Waals surface area contributed by atoms with Crippen LogP contribution in [0.15, 0.2) is 0 Å². The van der Waals surface area contributed by atoms with Crippen molar-refractivity contribution >= 4 is 5.91 Å². The Morgan fingerprint density at radius 1 is 1.41 bits per heavy atom. The van der Waals surface area contributed by atoms with Crippen LogP contribution in [0.5, 0.6) is 0 Å². The molecule has 0 aromatic rings. The summed E-state index contributed by atoms with van der Waals surface area (Å²) in [6, 6.07) is 0.335. The fourth-order valence-corrected chi connectivity index (χ4v) is 2.48. The highest BCUT2D eigenvalue weighted by Gasteiger charge is 2.16. The Morgan fingerprint density at radius 2 is 2.12 bits per heavy atom. The van der Waals surface area contributed by atoms with Crippen LogP contribution in [-0.2, 0) is 4.79 Å². The molecular formula is C13H27N3O. The fourth-order valence-electron chi connectivity index (χ4n) is 2.48. The Labute approximate surface area is 105 Å². The number of hydrogen-bond acceptors (Lipinski definition) is 3. The van der Waals surface area contributed by atoms with Gasteiger partial charge in [-0.1, -0.05) is 0 Å². The number of piperidine rings is 1. The summed E-state index contributed by atoms with van der Waals surface area (Å²) in [7, 11) is 0. The van der Waals surface area contributed by atoms with Crippen molar-refractivity contribution in [3.05, 3.63) is 0 Å². The van der Waals surface area contributed by atoms with E-state index in [1.165, 1.54) is 6.42 Å². The van der Waals surface area contributed by atoms with Crippen molar-refractivity contribution in [2.75, 3.05) is 32.7 Å². The number of rotatable bonds is 6. The first kappa shape index (κ1) is 14.5. The lowest BCUT2D eigenvalue weighted by Gasteiger charge is -2.30. The zero-order valence-electron chi connectivity index (χ0n) is 11.3. The average molecular weight is 241 g/mol. The van der Waals surface area contributed by atoms with Gasteiger partial charge in [0.2, 0.25) is 5.91 Å². The van der Waals surface area contributed by atoms with Crippen LogP contribution in [0.25, 0.3) is 0 Å². The van der Waals surface area contributed by atoms with Gasteiger partial charge in [0.1, 0.15) is 0 Å². The Hall–Kier alpha value is -0.610. The van der Waals surface area contributed by atoms with Gasteiger partial charge in [0, 0.05) is 32.1 Å². The van der Waals surface area contributed by atoms with Gasteiger partial charge in [0.15, 0.2) is 0 Å². The molecule has 0 spiro atoms. The Morgan fingerprint density at radius 3 is 2.71 bits per heavy atom. The molecule has 1 aliphatic rings. The normalized spacial score (nSPS) is 21.5. The van der Waals surface area contributed by atoms with E-state index in [4.69, 9.17) is 5.73 Å². The van der Waals surface area contributed by atoms with Gasteiger partial charge in [-0.05, 0) is 46.2 Å². The number of carbonyl (C=O) groups is 1. The van der Waals surface area contributed by atoms with Gasteiger partial charge in [-0.15, -0.1) is 0 Å². The molecule has 1 amide bonds. The highest BCUT2D eigenvalue weighted by molar-refractivity contribution is 5.76. The molecule has 1 rings (SSSR count). The van der Waals surface area contributed by atoms with Crippen LogP contribution in [0.3, 0.4) is 0 Å². The maximum atomic E-state index is 11.8. The van der Waals surface area contributed by atoms with E-state index in [1.807, 2.05) is 18.7 Å². The van der Waals surface area contributed by atoms with Crippen molar-refractivity contribution in [3.8, 4) is 0 Å². The molecule has 0 aromatic carbocycles. The Bertz CT molecular complexity index is 229. The van der Waals surface area contributed by atoms with Gasteiger partial charge in [-0.25, -0.2) is 0 Å². The van der Waals surface area contributed by atoms with Crippen LogP contribution in [0.4, 0.5) is 0 Å². The average Bonchev–Trinajstić information content (AvgIpc) is 2.30. The van der Waals surface area contributed by atoms with Gasteiger partial charge in [0.25, 0.3) is 0 Å². The molecule has 1 aliphatic heterocycles. The lowest BCUT2D eigenvalue weighted by molar-refractivity contribution is -0.131. The third-order valence-electron chi connectivity index (χ3n) is 3.52. The van der Waals surface area contributed by atoms with Gasteiger partial charge in [0.05, 0.1) is 0 Å². The van der Waals surface area contributed by atoms with Crippen molar-refractivity contribution in [2.24, 2.45) is 5.73 Å². The second kappa shape index (κ2) is 7.67. The predicted octanol–water partition coefficient (Wildman–Crippen LogP) is 1.06. The maximum Gasteiger partial charge on any atom is 0.222 e. The highest BCUT2D eigenvalue weighted by Crippen LogP contribution is 2.09. The minimum atomic E-state index is 0.288. The first-order valence-corrected chi connectivity index (χ1v) is 6.93. The van der Waals surface area contributed by atoms with Crippen LogP contribution < -0.4 is 5.73 Å². The van der Waals surface area contributed by atoms with E-state index in [1.54, 1.807) is 0 Å². The molecule has 0 unspecified atom stereocenters. The van der Waals surface area contributed by atoms with Gasteiger partial charge < -0.3 is 15.5 Å². The predicted molar refractivity (Wildman–Crippen MR) is 70.8 cm³/mol. The zero-order chi connectivity index (χ0) is 12.7. The van der Waals surface area contributed by atoms with E-state index in [9.17, 15) is 4.79 Å². The van der Waals surface area contributed by atoms with Gasteiger partial charge in [-0.3, -0.25) is 4.79 Å². The first-order valence-electron chi connectivity index (χ1n) is 6.93. The molecule has 4 nitrogen and oxygen atoms in total. The molecule has 17 heavy (non-hydrogen) atoms. The molecule has 1 heterocycles. The quantitative estimate of drug-likeness (QED) is 0.756. The number of hydrogen-bond donors (Lipinski definition) is 1. The van der Waals surface area contributed by atoms with Crippen molar-refractivity contribution in [1.29, 1.82) is 0 Å². The van der Waals surface area contributed by atoms with E-state index in [2.05, 4.69) is 4.90 Å². The summed E-state index contributed by atoms with van der Waals surface area (Å²) in [6.45, 7) is 8.87. The molecule has 4 heteroatoms. The van der Waals surface area contributed by atoms with Crippen molar-refractivity contribution < 1.29 is 4.79 Å². The summed E-state index contributed by atoms with van der Waals surface area (Å²) < 4.78 is 0. The number of amides is 1. The third kappa shape index (κ3) is 5.04. The van der Waals surface area contributed by atoms with E-state index in [0.29, 0.717) is 12.5 Å². The van der Waals surface area contributed by atoms with Crippen LogP contribution in [-0.4, -0.2) is 54.5 Å². The summed E-state index contributed by atoms with van der Waals surface area (Å²) in [5.41, 5.74) is 5.93. The fraction of sp³-hybridized carbons (Fsp3) is 0.923. The molecule has 0 aliphatic carbocycles. The molecule has 0 radical (unpaired) electrons. The topological polar surface area (TPSA) is 49.6 Å². The molecular weight excluding hydrogens is 214 g/mol. The van der Waals surface area contributed by atoms with E-state index in [-0.39, 0.29) is 5.91 Å². The van der Waals surface area contributed by atoms with Gasteiger partial charge >= 0.3 is 0 Å². The summed E-state index contributed by atoms with van der Waals surface area (Å²) in [4.78, 5) is 16.1. The Balaban J connectivity index is 2.16. The van der Waals surface area contributed by atoms with Crippen LogP contribution in [0, 0.1) is 0 Å². The minimum Gasteiger partial charge on any atom is -0.343 e. The van der Waals surface area contributed by atoms with E-state index < -0.39 is 0 Å². The largest absolute Gasteiger partial charge is 0.343 e. The molecule has 0 saturated carbocycles. The highest BCUT2D eigenvalue weighted by atomic mass is 16.2. The molecule has 100 valence electrons.